The van der Waals surface area contributed by atoms with Crippen LogP contribution in [-0.2, 0) is 0 Å². The molecule has 0 aromatic heterocycles. The van der Waals surface area contributed by atoms with E-state index in [1.54, 1.807) is 0 Å². The first-order valence-electron chi connectivity index (χ1n) is 4.09. The van der Waals surface area contributed by atoms with Gasteiger partial charge in [0.15, 0.2) is 0 Å². The number of hydrogen-bond acceptors (Lipinski definition) is 0. The number of halogens is 2. The topological polar surface area (TPSA) is 0 Å². The summed E-state index contributed by atoms with van der Waals surface area (Å²) in [6.45, 7) is 5.96. The molecule has 0 aromatic carbocycles. The summed E-state index contributed by atoms with van der Waals surface area (Å²) < 4.78 is 0. The number of allylic oxidation sites excluding steroid dienone is 6. The molecule has 0 heterocycles. The molecule has 0 nitrogen and oxygen atoms in total. The van der Waals surface area contributed by atoms with Gasteiger partial charge in [-0.05, 0) is 24.6 Å². The molecular weight excluding hydrogens is 191 g/mol. The first-order valence-corrected chi connectivity index (χ1v) is 4.85. The van der Waals surface area contributed by atoms with Crippen LogP contribution in [0, 0.1) is 0 Å². The van der Waals surface area contributed by atoms with Crippen molar-refractivity contribution < 1.29 is 0 Å². The van der Waals surface area contributed by atoms with Crippen LogP contribution < -0.4 is 0 Å². The molecule has 0 saturated heterocycles. The Morgan fingerprint density at radius 3 is 2.42 bits per heavy atom. The second-order valence-corrected chi connectivity index (χ2v) is 3.12. The quantitative estimate of drug-likeness (QED) is 0.541. The molecule has 0 atom stereocenters. The maximum atomic E-state index is 5.86. The van der Waals surface area contributed by atoms with Gasteiger partial charge < -0.3 is 0 Å². The van der Waals surface area contributed by atoms with Crippen LogP contribution in [0.5, 0.6) is 0 Å². The Balaban J connectivity index is 0.000000561. The molecule has 0 saturated carbocycles. The lowest BCUT2D eigenvalue weighted by Gasteiger charge is -1.93. The van der Waals surface area contributed by atoms with Gasteiger partial charge in [-0.15, -0.1) is 0 Å². The summed E-state index contributed by atoms with van der Waals surface area (Å²) in [6.07, 6.45) is 6.48. The first-order chi connectivity index (χ1) is 5.70. The van der Waals surface area contributed by atoms with Crippen LogP contribution in [0.4, 0.5) is 0 Å². The summed E-state index contributed by atoms with van der Waals surface area (Å²) in [7, 11) is 0. The minimum atomic E-state index is 0.744. The van der Waals surface area contributed by atoms with Crippen LogP contribution in [-0.4, -0.2) is 0 Å². The van der Waals surface area contributed by atoms with Crippen molar-refractivity contribution in [2.45, 2.75) is 27.2 Å². The number of hydrogen-bond donors (Lipinski definition) is 0. The molecule has 68 valence electrons. The monoisotopic (exact) mass is 204 g/mol. The summed E-state index contributed by atoms with van der Waals surface area (Å²) in [5.41, 5.74) is 1.05. The van der Waals surface area contributed by atoms with Gasteiger partial charge in [-0.3, -0.25) is 0 Å². The fourth-order valence-corrected chi connectivity index (χ4v) is 1.17. The third-order valence-corrected chi connectivity index (χ3v) is 2.04. The van der Waals surface area contributed by atoms with Crippen molar-refractivity contribution >= 4 is 23.2 Å². The van der Waals surface area contributed by atoms with Crippen LogP contribution in [0.25, 0.3) is 0 Å². The van der Waals surface area contributed by atoms with E-state index in [9.17, 15) is 0 Å². The Kier molecular flexibility index (Phi) is 6.23. The Hall–Kier alpha value is -0.200. The third kappa shape index (κ3) is 3.99. The molecule has 1 rings (SSSR count). The van der Waals surface area contributed by atoms with E-state index in [-0.39, 0.29) is 0 Å². The summed E-state index contributed by atoms with van der Waals surface area (Å²) in [5.74, 6) is 0. The molecule has 1 aliphatic carbocycles. The predicted molar refractivity (Wildman–Crippen MR) is 57.6 cm³/mol. The van der Waals surface area contributed by atoms with E-state index in [2.05, 4.69) is 0 Å². The molecule has 0 aliphatic heterocycles. The largest absolute Gasteiger partial charge is 0.0885 e. The molecule has 2 heteroatoms. The van der Waals surface area contributed by atoms with Crippen molar-refractivity contribution in [2.24, 2.45) is 0 Å². The zero-order chi connectivity index (χ0) is 9.56. The van der Waals surface area contributed by atoms with Gasteiger partial charge in [0.25, 0.3) is 0 Å². The van der Waals surface area contributed by atoms with Crippen LogP contribution in [0.2, 0.25) is 0 Å². The minimum absolute atomic E-state index is 0.744. The van der Waals surface area contributed by atoms with Crippen molar-refractivity contribution in [1.82, 2.24) is 0 Å². The van der Waals surface area contributed by atoms with Gasteiger partial charge in [0.1, 0.15) is 0 Å². The molecular formula is C10H14Cl2. The second kappa shape index (κ2) is 6.33. The van der Waals surface area contributed by atoms with Gasteiger partial charge in [-0.2, -0.15) is 0 Å². The lowest BCUT2D eigenvalue weighted by atomic mass is 10.2. The average Bonchev–Trinajstić information content (AvgIpc) is 2.19. The highest BCUT2D eigenvalue weighted by molar-refractivity contribution is 6.32. The van der Waals surface area contributed by atoms with Gasteiger partial charge in [0.2, 0.25) is 0 Å². The van der Waals surface area contributed by atoms with Crippen LogP contribution in [0.3, 0.4) is 0 Å². The molecule has 0 radical (unpaired) electrons. The molecule has 0 N–H and O–H groups in total. The van der Waals surface area contributed by atoms with Gasteiger partial charge in [0, 0.05) is 16.5 Å². The molecule has 0 fully saturated rings. The standard InChI is InChI=1S/C8H8Cl2.C2H6/c1-6-5-7(9)3-2-4-8(6)10;1-2/h2-3,5H,4H2,1H3;1-2H3. The van der Waals surface area contributed by atoms with Crippen molar-refractivity contribution in [1.29, 1.82) is 0 Å². The van der Waals surface area contributed by atoms with E-state index in [1.807, 2.05) is 39.0 Å². The second-order valence-electron chi connectivity index (χ2n) is 2.22. The van der Waals surface area contributed by atoms with Gasteiger partial charge >= 0.3 is 0 Å². The van der Waals surface area contributed by atoms with E-state index in [0.717, 1.165) is 22.1 Å². The normalized spacial score (nSPS) is 16.2. The van der Waals surface area contributed by atoms with E-state index < -0.39 is 0 Å². The molecule has 12 heavy (non-hydrogen) atoms. The summed E-state index contributed by atoms with van der Waals surface area (Å²) in [5, 5.41) is 1.61. The highest BCUT2D eigenvalue weighted by Crippen LogP contribution is 2.21. The minimum Gasteiger partial charge on any atom is -0.0885 e. The average molecular weight is 205 g/mol. The Bertz CT molecular complexity index is 222. The van der Waals surface area contributed by atoms with Gasteiger partial charge in [0.05, 0.1) is 0 Å². The summed E-state index contributed by atoms with van der Waals surface area (Å²) in [6, 6.07) is 0. The molecule has 0 bridgehead atoms. The lowest BCUT2D eigenvalue weighted by Crippen LogP contribution is -1.72. The maximum Gasteiger partial charge on any atom is 0.0405 e. The van der Waals surface area contributed by atoms with E-state index >= 15 is 0 Å². The molecule has 0 unspecified atom stereocenters. The predicted octanol–water partition coefficient (Wildman–Crippen LogP) is 4.61. The summed E-state index contributed by atoms with van der Waals surface area (Å²) >= 11 is 11.6. The Labute approximate surface area is 84.6 Å². The fraction of sp³-hybridized carbons (Fsp3) is 0.400. The zero-order valence-electron chi connectivity index (χ0n) is 7.70. The van der Waals surface area contributed by atoms with Gasteiger partial charge in [-0.25, -0.2) is 0 Å². The lowest BCUT2D eigenvalue weighted by molar-refractivity contribution is 1.31. The fourth-order valence-electron chi connectivity index (χ4n) is 0.769. The van der Waals surface area contributed by atoms with Crippen LogP contribution in [0.15, 0.2) is 33.9 Å². The maximum absolute atomic E-state index is 5.86. The first kappa shape index (κ1) is 11.8. The Morgan fingerprint density at radius 2 is 1.83 bits per heavy atom. The van der Waals surface area contributed by atoms with Crippen molar-refractivity contribution in [2.75, 3.05) is 0 Å². The number of rotatable bonds is 0. The SMILES string of the molecule is CC.CC1=C(Cl)CC=CC(Cl)=C1. The van der Waals surface area contributed by atoms with Crippen LogP contribution >= 0.6 is 23.2 Å². The van der Waals surface area contributed by atoms with E-state index in [4.69, 9.17) is 23.2 Å². The van der Waals surface area contributed by atoms with Crippen LogP contribution in [0.1, 0.15) is 27.2 Å². The third-order valence-electron chi connectivity index (χ3n) is 1.36. The van der Waals surface area contributed by atoms with Crippen molar-refractivity contribution in [3.8, 4) is 0 Å². The highest BCUT2D eigenvalue weighted by Gasteiger charge is 1.99. The van der Waals surface area contributed by atoms with E-state index in [1.165, 1.54) is 0 Å². The van der Waals surface area contributed by atoms with E-state index in [0.29, 0.717) is 0 Å². The van der Waals surface area contributed by atoms with Gasteiger partial charge in [-0.1, -0.05) is 43.1 Å². The summed E-state index contributed by atoms with van der Waals surface area (Å²) in [4.78, 5) is 0. The molecule has 0 amide bonds. The molecule has 0 spiro atoms. The molecule has 0 aromatic rings. The zero-order valence-corrected chi connectivity index (χ0v) is 9.21. The van der Waals surface area contributed by atoms with Crippen molar-refractivity contribution in [3.63, 3.8) is 0 Å². The smallest absolute Gasteiger partial charge is 0.0405 e. The Morgan fingerprint density at radius 1 is 1.25 bits per heavy atom. The highest BCUT2D eigenvalue weighted by atomic mass is 35.5. The van der Waals surface area contributed by atoms with Crippen molar-refractivity contribution in [3.05, 3.63) is 33.9 Å². The molecule has 1 aliphatic rings.